The number of carbonyl (C=O) groups excluding carboxylic acids is 2. The van der Waals surface area contributed by atoms with Crippen LogP contribution >= 0.6 is 23.2 Å². The quantitative estimate of drug-likeness (QED) is 0.200. The van der Waals surface area contributed by atoms with Crippen molar-refractivity contribution in [3.8, 4) is 23.0 Å². The molecule has 39 heavy (non-hydrogen) atoms. The van der Waals surface area contributed by atoms with Gasteiger partial charge in [0.05, 0.1) is 50.6 Å². The van der Waals surface area contributed by atoms with Crippen molar-refractivity contribution in [1.29, 1.82) is 0 Å². The van der Waals surface area contributed by atoms with Crippen LogP contribution < -0.4 is 18.9 Å². The summed E-state index contributed by atoms with van der Waals surface area (Å²) in [6.45, 7) is 0.192. The number of rotatable bonds is 9. The molecule has 0 aliphatic carbocycles. The standard InChI is InChI=1S/C29H27Cl2NO7/c1-36-20-11-10-16(14-21(20)37-2)12-13-32-24(17-8-6-5-7-9-17)22(26(34)29(32)35)25(33)18-15-19(30)28(39-4)23(31)27(18)38-3/h5-11,14-15,24,33H,12-13H2,1-4H3/b25-22+. The van der Waals surface area contributed by atoms with E-state index in [4.69, 9.17) is 42.1 Å². The zero-order valence-electron chi connectivity index (χ0n) is 21.8. The molecule has 0 aromatic heterocycles. The molecule has 10 heteroatoms. The average molecular weight is 572 g/mol. The molecule has 8 nitrogen and oxygen atoms in total. The van der Waals surface area contributed by atoms with Crippen molar-refractivity contribution in [2.24, 2.45) is 0 Å². The van der Waals surface area contributed by atoms with Gasteiger partial charge in [0.25, 0.3) is 11.7 Å². The molecule has 3 aromatic carbocycles. The molecular weight excluding hydrogens is 545 g/mol. The molecule has 0 radical (unpaired) electrons. The molecule has 0 saturated carbocycles. The fourth-order valence-corrected chi connectivity index (χ4v) is 5.36. The number of ketones is 1. The predicted molar refractivity (Wildman–Crippen MR) is 148 cm³/mol. The first-order valence-electron chi connectivity index (χ1n) is 11.9. The van der Waals surface area contributed by atoms with Crippen LogP contribution in [0.3, 0.4) is 0 Å². The summed E-state index contributed by atoms with van der Waals surface area (Å²) in [5, 5.41) is 11.6. The van der Waals surface area contributed by atoms with Crippen LogP contribution in [0, 0.1) is 0 Å². The second-order valence-electron chi connectivity index (χ2n) is 8.63. The van der Waals surface area contributed by atoms with E-state index in [1.54, 1.807) is 44.6 Å². The summed E-state index contributed by atoms with van der Waals surface area (Å²) in [6.07, 6.45) is 0.417. The third-order valence-electron chi connectivity index (χ3n) is 6.54. The number of hydrogen-bond acceptors (Lipinski definition) is 7. The van der Waals surface area contributed by atoms with Gasteiger partial charge in [0.15, 0.2) is 23.0 Å². The van der Waals surface area contributed by atoms with Gasteiger partial charge in [0.2, 0.25) is 0 Å². The van der Waals surface area contributed by atoms with Gasteiger partial charge in [0, 0.05) is 6.54 Å². The topological polar surface area (TPSA) is 94.5 Å². The fourth-order valence-electron chi connectivity index (χ4n) is 4.67. The Bertz CT molecular complexity index is 1440. The van der Waals surface area contributed by atoms with Crippen LogP contribution in [-0.4, -0.2) is 56.7 Å². The van der Waals surface area contributed by atoms with Gasteiger partial charge < -0.3 is 29.0 Å². The molecule has 3 aromatic rings. The van der Waals surface area contributed by atoms with Crippen LogP contribution in [0.5, 0.6) is 23.0 Å². The molecule has 1 saturated heterocycles. The lowest BCUT2D eigenvalue weighted by molar-refractivity contribution is -0.139. The summed E-state index contributed by atoms with van der Waals surface area (Å²) in [5.41, 5.74) is 1.48. The van der Waals surface area contributed by atoms with Gasteiger partial charge in [-0.1, -0.05) is 59.6 Å². The maximum absolute atomic E-state index is 13.4. The van der Waals surface area contributed by atoms with E-state index in [2.05, 4.69) is 0 Å². The van der Waals surface area contributed by atoms with Gasteiger partial charge in [-0.05, 0) is 35.7 Å². The molecule has 0 spiro atoms. The monoisotopic (exact) mass is 571 g/mol. The first kappa shape index (κ1) is 28.1. The van der Waals surface area contributed by atoms with Gasteiger partial charge in [0.1, 0.15) is 10.8 Å². The first-order chi connectivity index (χ1) is 18.8. The van der Waals surface area contributed by atoms with Crippen molar-refractivity contribution >= 4 is 40.7 Å². The highest BCUT2D eigenvalue weighted by atomic mass is 35.5. The highest BCUT2D eigenvalue weighted by Crippen LogP contribution is 2.47. The number of methoxy groups -OCH3 is 4. The summed E-state index contributed by atoms with van der Waals surface area (Å²) in [4.78, 5) is 28.2. The lowest BCUT2D eigenvalue weighted by Gasteiger charge is -2.26. The number of ether oxygens (including phenoxy) is 4. The Morgan fingerprint density at radius 3 is 2.15 bits per heavy atom. The number of benzene rings is 3. The number of Topliss-reactive ketones (excluding diaryl/α,β-unsaturated/α-hetero) is 1. The van der Waals surface area contributed by atoms with Crippen LogP contribution in [-0.2, 0) is 16.0 Å². The van der Waals surface area contributed by atoms with Gasteiger partial charge in [-0.3, -0.25) is 9.59 Å². The normalized spacial score (nSPS) is 16.4. The predicted octanol–water partition coefficient (Wildman–Crippen LogP) is 5.69. The second kappa shape index (κ2) is 11.9. The summed E-state index contributed by atoms with van der Waals surface area (Å²) >= 11 is 12.8. The third-order valence-corrected chi connectivity index (χ3v) is 7.16. The molecule has 204 valence electrons. The van der Waals surface area contributed by atoms with Crippen LogP contribution in [0.25, 0.3) is 5.76 Å². The molecule has 1 atom stereocenters. The van der Waals surface area contributed by atoms with E-state index in [9.17, 15) is 14.7 Å². The third kappa shape index (κ3) is 5.22. The minimum Gasteiger partial charge on any atom is -0.507 e. The SMILES string of the molecule is COc1ccc(CCN2C(=O)C(=O)/C(=C(/O)c3cc(Cl)c(OC)c(Cl)c3OC)C2c2ccccc2)cc1OC. The van der Waals surface area contributed by atoms with E-state index in [0.717, 1.165) is 5.56 Å². The van der Waals surface area contributed by atoms with Crippen LogP contribution in [0.15, 0.2) is 60.2 Å². The lowest BCUT2D eigenvalue weighted by Crippen LogP contribution is -2.31. The van der Waals surface area contributed by atoms with Crippen LogP contribution in [0.1, 0.15) is 22.7 Å². The molecule has 1 amide bonds. The van der Waals surface area contributed by atoms with Crippen LogP contribution in [0.4, 0.5) is 0 Å². The van der Waals surface area contributed by atoms with Gasteiger partial charge in [-0.25, -0.2) is 0 Å². The van der Waals surface area contributed by atoms with Crippen molar-refractivity contribution in [2.75, 3.05) is 35.0 Å². The molecule has 1 aliphatic rings. The smallest absolute Gasteiger partial charge is 0.295 e. The van der Waals surface area contributed by atoms with Gasteiger partial charge in [-0.2, -0.15) is 0 Å². The van der Waals surface area contributed by atoms with Crippen molar-refractivity contribution in [1.82, 2.24) is 4.90 Å². The van der Waals surface area contributed by atoms with E-state index in [1.807, 2.05) is 18.2 Å². The maximum atomic E-state index is 13.4. The van der Waals surface area contributed by atoms with E-state index in [1.165, 1.54) is 25.2 Å². The van der Waals surface area contributed by atoms with E-state index in [0.29, 0.717) is 23.5 Å². The number of aliphatic hydroxyl groups excluding tert-OH is 1. The molecule has 1 aliphatic heterocycles. The number of likely N-dealkylation sites (tertiary alicyclic amines) is 1. The Morgan fingerprint density at radius 2 is 1.54 bits per heavy atom. The Labute approximate surface area is 236 Å². The molecule has 1 N–H and O–H groups in total. The van der Waals surface area contributed by atoms with Crippen molar-refractivity contribution in [3.63, 3.8) is 0 Å². The Kier molecular flexibility index (Phi) is 8.57. The average Bonchev–Trinajstić information content (AvgIpc) is 3.20. The van der Waals surface area contributed by atoms with Crippen LogP contribution in [0.2, 0.25) is 10.0 Å². The number of amides is 1. The zero-order valence-corrected chi connectivity index (χ0v) is 23.3. The van der Waals surface area contributed by atoms with Gasteiger partial charge >= 0.3 is 0 Å². The van der Waals surface area contributed by atoms with E-state index in [-0.39, 0.29) is 39.2 Å². The number of carbonyl (C=O) groups is 2. The molecular formula is C29H27Cl2NO7. The number of nitrogens with zero attached hydrogens (tertiary/aromatic N) is 1. The Balaban J connectivity index is 1.81. The highest BCUT2D eigenvalue weighted by molar-refractivity contribution is 6.47. The fraction of sp³-hybridized carbons (Fsp3) is 0.241. The highest BCUT2D eigenvalue weighted by Gasteiger charge is 2.46. The summed E-state index contributed by atoms with van der Waals surface area (Å²) in [7, 11) is 5.85. The minimum absolute atomic E-state index is 0.0213. The first-order valence-corrected chi connectivity index (χ1v) is 12.7. The molecule has 1 heterocycles. The molecule has 1 unspecified atom stereocenters. The molecule has 1 fully saturated rings. The Morgan fingerprint density at radius 1 is 0.872 bits per heavy atom. The summed E-state index contributed by atoms with van der Waals surface area (Å²) < 4.78 is 21.4. The summed E-state index contributed by atoms with van der Waals surface area (Å²) in [5.74, 6) is -0.692. The number of hydrogen-bond donors (Lipinski definition) is 1. The van der Waals surface area contributed by atoms with Crippen molar-refractivity contribution in [3.05, 3.63) is 86.9 Å². The van der Waals surface area contributed by atoms with Crippen molar-refractivity contribution < 1.29 is 33.6 Å². The van der Waals surface area contributed by atoms with E-state index >= 15 is 0 Å². The van der Waals surface area contributed by atoms with Gasteiger partial charge in [-0.15, -0.1) is 0 Å². The molecule has 4 rings (SSSR count). The Hall–Kier alpha value is -3.88. The van der Waals surface area contributed by atoms with E-state index < -0.39 is 23.5 Å². The maximum Gasteiger partial charge on any atom is 0.295 e. The number of aliphatic hydroxyl groups is 1. The largest absolute Gasteiger partial charge is 0.507 e. The zero-order chi connectivity index (χ0) is 28.3. The second-order valence-corrected chi connectivity index (χ2v) is 9.41. The van der Waals surface area contributed by atoms with Crippen molar-refractivity contribution in [2.45, 2.75) is 12.5 Å². The lowest BCUT2D eigenvalue weighted by atomic mass is 9.94. The number of halogens is 2. The minimum atomic E-state index is -0.865. The summed E-state index contributed by atoms with van der Waals surface area (Å²) in [6, 6.07) is 15.0. The molecule has 0 bridgehead atoms.